The van der Waals surface area contributed by atoms with Gasteiger partial charge in [-0.15, -0.1) is 0 Å². The highest BCUT2D eigenvalue weighted by atomic mass is 32.2. The molecule has 0 radical (unpaired) electrons. The van der Waals surface area contributed by atoms with Crippen LogP contribution in [0.25, 0.3) is 0 Å². The minimum Gasteiger partial charge on any atom is -0.392 e. The monoisotopic (exact) mass is 889 g/mol. The van der Waals surface area contributed by atoms with E-state index in [1.165, 1.54) is 12.8 Å². The van der Waals surface area contributed by atoms with Crippen LogP contribution < -0.4 is 10.6 Å². The summed E-state index contributed by atoms with van der Waals surface area (Å²) in [5.74, 6) is -0.539. The Morgan fingerprint density at radius 1 is 0.483 bits per heavy atom. The van der Waals surface area contributed by atoms with Crippen LogP contribution in [0.2, 0.25) is 0 Å². The van der Waals surface area contributed by atoms with Gasteiger partial charge in [0.2, 0.25) is 11.8 Å². The average Bonchev–Trinajstić information content (AvgIpc) is 3.21. The second-order valence-corrected chi connectivity index (χ2v) is 19.4. The van der Waals surface area contributed by atoms with Gasteiger partial charge < -0.3 is 31.1 Å². The van der Waals surface area contributed by atoms with Crippen molar-refractivity contribution in [3.63, 3.8) is 0 Å². The third-order valence-electron chi connectivity index (χ3n) is 11.3. The van der Waals surface area contributed by atoms with Crippen LogP contribution in [0.15, 0.2) is 0 Å². The van der Waals surface area contributed by atoms with Crippen molar-refractivity contribution < 1.29 is 39.6 Å². The topological polar surface area (TPSA) is 180 Å². The number of aliphatic hydroxyl groups is 4. The quantitative estimate of drug-likeness (QED) is 0.0349. The first-order valence-corrected chi connectivity index (χ1v) is 26.0. The molecule has 2 amide bonds. The minimum absolute atomic E-state index is 0.0548. The first-order chi connectivity index (χ1) is 28.9. The molecule has 6 unspecified atom stereocenters. The van der Waals surface area contributed by atoms with Crippen molar-refractivity contribution >= 4 is 45.6 Å². The number of hydrogen-bond donors (Lipinski definition) is 6. The number of amides is 2. The Morgan fingerprint density at radius 3 is 1.17 bits per heavy atom. The van der Waals surface area contributed by atoms with Crippen LogP contribution in [-0.2, 0) is 19.2 Å². The number of nitrogens with zero attached hydrogens (tertiary/aromatic N) is 2. The Kier molecular flexibility index (Phi) is 35.1. The Labute approximate surface area is 373 Å². The average molecular weight is 889 g/mol. The van der Waals surface area contributed by atoms with Gasteiger partial charge in [-0.3, -0.25) is 29.0 Å². The van der Waals surface area contributed by atoms with Gasteiger partial charge in [0.15, 0.2) is 10.2 Å². The van der Waals surface area contributed by atoms with Crippen LogP contribution in [0.1, 0.15) is 182 Å². The first kappa shape index (κ1) is 56.8. The number of carbonyl (C=O) groups excluding carboxylic acids is 4. The van der Waals surface area contributed by atoms with Crippen molar-refractivity contribution in [3.8, 4) is 0 Å². The molecule has 60 heavy (non-hydrogen) atoms. The van der Waals surface area contributed by atoms with Crippen LogP contribution in [0.5, 0.6) is 0 Å². The van der Waals surface area contributed by atoms with E-state index in [-0.39, 0.29) is 40.0 Å². The van der Waals surface area contributed by atoms with E-state index in [1.54, 1.807) is 0 Å². The second-order valence-electron chi connectivity index (χ2n) is 17.2. The Hall–Kier alpha value is -1.26. The van der Waals surface area contributed by atoms with Crippen molar-refractivity contribution in [3.05, 3.63) is 0 Å². The number of carbonyl (C=O) groups is 4. The molecule has 1 heterocycles. The van der Waals surface area contributed by atoms with Crippen molar-refractivity contribution in [2.45, 2.75) is 218 Å². The molecule has 6 atom stereocenters. The lowest BCUT2D eigenvalue weighted by molar-refractivity contribution is -0.135. The minimum atomic E-state index is -0.859. The van der Waals surface area contributed by atoms with E-state index in [2.05, 4.69) is 43.2 Å². The van der Waals surface area contributed by atoms with E-state index < -0.39 is 36.5 Å². The smallest absolute Gasteiger partial charge is 0.244 e. The SMILES string of the molecule is CCCCCCC(O)CN(CCCCC(=O)SCC1NC(=O)C(CSC(=O)CCN(CC(O)CCCCCC)CC(O)CCCCCC)NC1=O)CC(O)CCCCCC. The maximum absolute atomic E-state index is 12.9. The number of rotatable bonds is 40. The Morgan fingerprint density at radius 2 is 0.817 bits per heavy atom. The predicted octanol–water partition coefficient (Wildman–Crippen LogP) is 6.98. The van der Waals surface area contributed by atoms with Gasteiger partial charge in [-0.05, 0) is 45.1 Å². The summed E-state index contributed by atoms with van der Waals surface area (Å²) in [5.41, 5.74) is 0. The first-order valence-electron chi connectivity index (χ1n) is 24.0. The Balaban J connectivity index is 2.51. The van der Waals surface area contributed by atoms with E-state index in [1.807, 2.05) is 4.90 Å². The fourth-order valence-electron chi connectivity index (χ4n) is 7.56. The highest BCUT2D eigenvalue weighted by Crippen LogP contribution is 2.18. The van der Waals surface area contributed by atoms with Crippen molar-refractivity contribution in [2.24, 2.45) is 0 Å². The Bertz CT molecular complexity index is 1080. The summed E-state index contributed by atoms with van der Waals surface area (Å²) < 4.78 is 0. The number of thioether (sulfide) groups is 2. The van der Waals surface area contributed by atoms with E-state index in [0.29, 0.717) is 65.0 Å². The molecule has 0 aromatic rings. The molecule has 0 aliphatic carbocycles. The van der Waals surface area contributed by atoms with Gasteiger partial charge in [0.1, 0.15) is 12.1 Å². The van der Waals surface area contributed by atoms with Crippen molar-refractivity contribution in [1.29, 1.82) is 0 Å². The molecule has 14 heteroatoms. The number of aliphatic hydroxyl groups excluding tert-OH is 4. The van der Waals surface area contributed by atoms with Crippen LogP contribution >= 0.6 is 23.5 Å². The fraction of sp³-hybridized carbons (Fsp3) is 0.913. The number of hydrogen-bond acceptors (Lipinski definition) is 12. The van der Waals surface area contributed by atoms with E-state index in [9.17, 15) is 39.6 Å². The zero-order chi connectivity index (χ0) is 44.4. The van der Waals surface area contributed by atoms with Gasteiger partial charge in [-0.2, -0.15) is 0 Å². The molecular weight excluding hydrogens is 801 g/mol. The third kappa shape index (κ3) is 29.9. The standard InChI is InChI=1S/C46H88N4O8S2/c1-5-9-13-17-23-37(51)31-49(32-38(52)24-18-14-10-6-2)29-22-21-27-43(55)59-35-41-45(57)48-42(46(58)47-41)36-60-44(56)28-30-50(33-39(53)25-19-15-11-7-3)34-40(54)26-20-16-12-8-4/h37-42,51-54H,5-36H2,1-4H3,(H,47,58)(H,48,57). The molecule has 1 aliphatic rings. The molecule has 0 aromatic heterocycles. The molecular formula is C46H88N4O8S2. The highest BCUT2D eigenvalue weighted by molar-refractivity contribution is 8.13. The van der Waals surface area contributed by atoms with Gasteiger partial charge in [0, 0.05) is 57.1 Å². The molecule has 0 saturated carbocycles. The highest BCUT2D eigenvalue weighted by Gasteiger charge is 2.34. The summed E-state index contributed by atoms with van der Waals surface area (Å²) in [6.07, 6.45) is 20.2. The molecule has 1 saturated heterocycles. The van der Waals surface area contributed by atoms with Gasteiger partial charge in [0.25, 0.3) is 0 Å². The molecule has 0 aromatic carbocycles. The summed E-state index contributed by atoms with van der Waals surface area (Å²) in [5, 5.41) is 48.1. The number of nitrogens with one attached hydrogen (secondary N) is 2. The number of piperazine rings is 1. The van der Waals surface area contributed by atoms with Crippen LogP contribution in [0, 0.1) is 0 Å². The molecule has 6 N–H and O–H groups in total. The molecule has 1 fully saturated rings. The lowest BCUT2D eigenvalue weighted by Crippen LogP contribution is -2.63. The fourth-order valence-corrected chi connectivity index (χ4v) is 9.26. The van der Waals surface area contributed by atoms with Crippen LogP contribution in [-0.4, -0.2) is 140 Å². The number of unbranched alkanes of at least 4 members (excludes halogenated alkanes) is 13. The summed E-state index contributed by atoms with van der Waals surface area (Å²) in [6.45, 7) is 11.5. The summed E-state index contributed by atoms with van der Waals surface area (Å²) in [4.78, 5) is 55.7. The molecule has 0 spiro atoms. The molecule has 1 rings (SSSR count). The van der Waals surface area contributed by atoms with Crippen LogP contribution in [0.4, 0.5) is 0 Å². The summed E-state index contributed by atoms with van der Waals surface area (Å²) >= 11 is 2.04. The maximum atomic E-state index is 12.9. The zero-order valence-corrected chi connectivity index (χ0v) is 39.9. The van der Waals surface area contributed by atoms with Gasteiger partial charge >= 0.3 is 0 Å². The lowest BCUT2D eigenvalue weighted by Gasteiger charge is -2.29. The van der Waals surface area contributed by atoms with E-state index in [0.717, 1.165) is 133 Å². The van der Waals surface area contributed by atoms with E-state index >= 15 is 0 Å². The second kappa shape index (κ2) is 37.1. The third-order valence-corrected chi connectivity index (χ3v) is 13.3. The van der Waals surface area contributed by atoms with Gasteiger partial charge in [-0.25, -0.2) is 0 Å². The molecule has 1 aliphatic heterocycles. The molecule has 0 bridgehead atoms. The predicted molar refractivity (Wildman–Crippen MR) is 249 cm³/mol. The van der Waals surface area contributed by atoms with Crippen molar-refractivity contribution in [1.82, 2.24) is 20.4 Å². The zero-order valence-electron chi connectivity index (χ0n) is 38.2. The van der Waals surface area contributed by atoms with Gasteiger partial charge in [0.05, 0.1) is 24.4 Å². The normalized spacial score (nSPS) is 17.8. The largest absolute Gasteiger partial charge is 0.392 e. The maximum Gasteiger partial charge on any atom is 0.244 e. The summed E-state index contributed by atoms with van der Waals surface area (Å²) in [6, 6.07) is -1.70. The van der Waals surface area contributed by atoms with Crippen LogP contribution in [0.3, 0.4) is 0 Å². The lowest BCUT2D eigenvalue weighted by atomic mass is 10.1. The van der Waals surface area contributed by atoms with Crippen molar-refractivity contribution in [2.75, 3.05) is 50.8 Å². The van der Waals surface area contributed by atoms with Gasteiger partial charge in [-0.1, -0.05) is 154 Å². The molecule has 12 nitrogen and oxygen atoms in total. The van der Waals surface area contributed by atoms with E-state index in [4.69, 9.17) is 0 Å². The summed E-state index contributed by atoms with van der Waals surface area (Å²) in [7, 11) is 0. The molecule has 352 valence electrons.